The van der Waals surface area contributed by atoms with Crippen LogP contribution in [-0.2, 0) is 6.54 Å². The van der Waals surface area contributed by atoms with Crippen LogP contribution in [0.2, 0.25) is 0 Å². The van der Waals surface area contributed by atoms with Gasteiger partial charge in [0.15, 0.2) is 11.5 Å². The third-order valence-electron chi connectivity index (χ3n) is 5.27. The molecule has 0 unspecified atom stereocenters. The molecule has 0 saturated carbocycles. The summed E-state index contributed by atoms with van der Waals surface area (Å²) >= 11 is 0. The Morgan fingerprint density at radius 1 is 1.09 bits per heavy atom. The molecule has 0 radical (unpaired) electrons. The topological polar surface area (TPSA) is 140 Å². The maximum Gasteiger partial charge on any atom is 0.255 e. The summed E-state index contributed by atoms with van der Waals surface area (Å²) in [7, 11) is 1.87. The van der Waals surface area contributed by atoms with Crippen molar-refractivity contribution in [2.75, 3.05) is 12.8 Å². The van der Waals surface area contributed by atoms with Crippen molar-refractivity contribution < 1.29 is 4.79 Å². The van der Waals surface area contributed by atoms with Gasteiger partial charge in [0.25, 0.3) is 5.56 Å². The smallest absolute Gasteiger partial charge is 0.255 e. The molecule has 0 bridgehead atoms. The van der Waals surface area contributed by atoms with Crippen molar-refractivity contribution >= 4 is 17.3 Å². The van der Waals surface area contributed by atoms with Gasteiger partial charge in [0, 0.05) is 35.6 Å². The number of carbonyl (C=O) groups is 1. The number of hydrogen-bond donors (Lipinski definition) is 4. The minimum absolute atomic E-state index is 0.00474. The van der Waals surface area contributed by atoms with E-state index in [-0.39, 0.29) is 17.1 Å². The first-order valence-corrected chi connectivity index (χ1v) is 10.6. The average Bonchev–Trinajstić information content (AvgIpc) is 2.86. The number of nitrogens with one attached hydrogen (secondary N) is 2. The van der Waals surface area contributed by atoms with Crippen LogP contribution in [0, 0.1) is 0 Å². The van der Waals surface area contributed by atoms with Crippen LogP contribution in [-0.4, -0.2) is 27.8 Å². The number of allylic oxidation sites excluding steroid dienone is 1. The molecule has 8 nitrogen and oxygen atoms in total. The van der Waals surface area contributed by atoms with Crippen molar-refractivity contribution in [2.45, 2.75) is 6.54 Å². The molecule has 6 N–H and O–H groups in total. The summed E-state index contributed by atoms with van der Waals surface area (Å²) in [4.78, 5) is 36.6. The number of ketones is 1. The van der Waals surface area contributed by atoms with Crippen LogP contribution in [0.15, 0.2) is 83.9 Å². The molecule has 170 valence electrons. The Labute approximate surface area is 196 Å². The summed E-state index contributed by atoms with van der Waals surface area (Å²) < 4.78 is 0. The Bertz CT molecular complexity index is 1410. The Morgan fingerprint density at radius 3 is 2.53 bits per heavy atom. The molecular weight excluding hydrogens is 428 g/mol. The molecule has 2 heterocycles. The minimum Gasteiger partial charge on any atom is -0.398 e. The fourth-order valence-corrected chi connectivity index (χ4v) is 3.49. The number of hydrogen-bond acceptors (Lipinski definition) is 7. The molecule has 0 fully saturated rings. The standard InChI is InChI=1S/C26H24N6O2/c1-29-13-16-7-9-18(10-8-16)21(27)12-23(33)24-25(28)30-15-22(32-24)19-11-20(26(34)31-14-19)17-5-3-2-4-6-17/h2-12,14-15,29H,13,27H2,1H3,(H2,28,30)(H,31,34)/b21-12-. The van der Waals surface area contributed by atoms with Gasteiger partial charge in [0.2, 0.25) is 5.78 Å². The predicted octanol–water partition coefficient (Wildman–Crippen LogP) is 2.98. The van der Waals surface area contributed by atoms with Gasteiger partial charge in [-0.3, -0.25) is 9.59 Å². The second kappa shape index (κ2) is 9.93. The zero-order chi connectivity index (χ0) is 24.1. The highest BCUT2D eigenvalue weighted by molar-refractivity contribution is 6.09. The number of aromatic nitrogens is 3. The number of nitrogen functional groups attached to an aromatic ring is 1. The van der Waals surface area contributed by atoms with E-state index in [1.165, 1.54) is 18.5 Å². The van der Waals surface area contributed by atoms with Crippen molar-refractivity contribution in [1.29, 1.82) is 0 Å². The van der Waals surface area contributed by atoms with E-state index in [0.29, 0.717) is 28.1 Å². The van der Waals surface area contributed by atoms with Gasteiger partial charge < -0.3 is 21.8 Å². The average molecular weight is 453 g/mol. The number of pyridine rings is 1. The van der Waals surface area contributed by atoms with Crippen LogP contribution in [0.3, 0.4) is 0 Å². The lowest BCUT2D eigenvalue weighted by molar-refractivity contribution is 0.104. The Hall–Kier alpha value is -4.56. The van der Waals surface area contributed by atoms with Crippen LogP contribution in [0.1, 0.15) is 21.6 Å². The van der Waals surface area contributed by atoms with Gasteiger partial charge in [-0.15, -0.1) is 0 Å². The zero-order valence-corrected chi connectivity index (χ0v) is 18.6. The highest BCUT2D eigenvalue weighted by atomic mass is 16.1. The van der Waals surface area contributed by atoms with E-state index >= 15 is 0 Å². The van der Waals surface area contributed by atoms with E-state index in [9.17, 15) is 9.59 Å². The first-order chi connectivity index (χ1) is 16.5. The van der Waals surface area contributed by atoms with Crippen molar-refractivity contribution in [3.63, 3.8) is 0 Å². The van der Waals surface area contributed by atoms with Crippen LogP contribution >= 0.6 is 0 Å². The molecule has 0 aliphatic heterocycles. The number of aromatic amines is 1. The van der Waals surface area contributed by atoms with E-state index in [4.69, 9.17) is 11.5 Å². The maximum absolute atomic E-state index is 12.9. The van der Waals surface area contributed by atoms with Gasteiger partial charge in [-0.1, -0.05) is 54.6 Å². The van der Waals surface area contributed by atoms with Gasteiger partial charge in [0.1, 0.15) is 0 Å². The molecular formula is C26H24N6O2. The molecule has 0 spiro atoms. The quantitative estimate of drug-likeness (QED) is 0.250. The molecule has 2 aromatic carbocycles. The maximum atomic E-state index is 12.9. The number of rotatable bonds is 7. The van der Waals surface area contributed by atoms with E-state index < -0.39 is 5.78 Å². The van der Waals surface area contributed by atoms with Gasteiger partial charge in [-0.05, 0) is 29.8 Å². The third-order valence-corrected chi connectivity index (χ3v) is 5.27. The molecule has 0 aliphatic carbocycles. The second-order valence-corrected chi connectivity index (χ2v) is 7.68. The normalized spacial score (nSPS) is 11.4. The van der Waals surface area contributed by atoms with E-state index in [0.717, 1.165) is 17.7 Å². The number of H-pyrrole nitrogens is 1. The number of benzene rings is 2. The molecule has 0 amide bonds. The molecule has 4 rings (SSSR count). The highest BCUT2D eigenvalue weighted by Crippen LogP contribution is 2.23. The van der Waals surface area contributed by atoms with Crippen molar-refractivity contribution in [1.82, 2.24) is 20.3 Å². The third kappa shape index (κ3) is 4.92. The lowest BCUT2D eigenvalue weighted by Crippen LogP contribution is -2.11. The second-order valence-electron chi connectivity index (χ2n) is 7.68. The molecule has 4 aromatic rings. The largest absolute Gasteiger partial charge is 0.398 e. The minimum atomic E-state index is -0.462. The molecule has 0 aliphatic rings. The summed E-state index contributed by atoms with van der Waals surface area (Å²) in [5.74, 6) is -0.466. The van der Waals surface area contributed by atoms with Crippen molar-refractivity contribution in [3.8, 4) is 22.4 Å². The molecule has 34 heavy (non-hydrogen) atoms. The van der Waals surface area contributed by atoms with Crippen LogP contribution in [0.5, 0.6) is 0 Å². The number of carbonyl (C=O) groups excluding carboxylic acids is 1. The summed E-state index contributed by atoms with van der Waals surface area (Å²) in [5.41, 5.74) is 16.2. The number of anilines is 1. The number of nitrogens with two attached hydrogens (primary N) is 2. The fraction of sp³-hybridized carbons (Fsp3) is 0.0769. The lowest BCUT2D eigenvalue weighted by Gasteiger charge is -2.08. The van der Waals surface area contributed by atoms with Crippen molar-refractivity contribution in [2.24, 2.45) is 5.73 Å². The first kappa shape index (κ1) is 22.6. The number of nitrogens with zero attached hydrogens (tertiary/aromatic N) is 2. The van der Waals surface area contributed by atoms with Gasteiger partial charge >= 0.3 is 0 Å². The van der Waals surface area contributed by atoms with Gasteiger partial charge in [-0.2, -0.15) is 0 Å². The van der Waals surface area contributed by atoms with Crippen LogP contribution < -0.4 is 22.3 Å². The molecule has 2 aromatic heterocycles. The van der Waals surface area contributed by atoms with E-state index in [2.05, 4.69) is 20.3 Å². The molecule has 0 saturated heterocycles. The monoisotopic (exact) mass is 452 g/mol. The lowest BCUT2D eigenvalue weighted by atomic mass is 10.0. The highest BCUT2D eigenvalue weighted by Gasteiger charge is 2.15. The fourth-order valence-electron chi connectivity index (χ4n) is 3.49. The summed E-state index contributed by atoms with van der Waals surface area (Å²) in [6.07, 6.45) is 4.28. The van der Waals surface area contributed by atoms with E-state index in [1.54, 1.807) is 6.07 Å². The zero-order valence-electron chi connectivity index (χ0n) is 18.6. The molecule has 0 atom stereocenters. The Balaban J connectivity index is 1.65. The summed E-state index contributed by atoms with van der Waals surface area (Å²) in [6.45, 7) is 0.735. The van der Waals surface area contributed by atoms with Gasteiger partial charge in [0.05, 0.1) is 11.9 Å². The molecule has 8 heteroatoms. The summed E-state index contributed by atoms with van der Waals surface area (Å²) in [6, 6.07) is 18.6. The van der Waals surface area contributed by atoms with Crippen LogP contribution in [0.25, 0.3) is 28.1 Å². The van der Waals surface area contributed by atoms with E-state index in [1.807, 2.05) is 61.6 Å². The predicted molar refractivity (Wildman–Crippen MR) is 134 cm³/mol. The Morgan fingerprint density at radius 2 is 1.82 bits per heavy atom. The summed E-state index contributed by atoms with van der Waals surface area (Å²) in [5, 5.41) is 3.08. The first-order valence-electron chi connectivity index (χ1n) is 10.6. The Kier molecular flexibility index (Phi) is 6.61. The van der Waals surface area contributed by atoms with Crippen molar-refractivity contribution in [3.05, 3.63) is 106 Å². The SMILES string of the molecule is CNCc1ccc(/C(N)=C/C(=O)c2nc(-c3c[nH]c(=O)c(-c4ccccc4)c3)cnc2N)cc1. The van der Waals surface area contributed by atoms with Crippen LogP contribution in [0.4, 0.5) is 5.82 Å². The van der Waals surface area contributed by atoms with Gasteiger partial charge in [-0.25, -0.2) is 9.97 Å².